The summed E-state index contributed by atoms with van der Waals surface area (Å²) in [5, 5.41) is 3.19. The van der Waals surface area contributed by atoms with Crippen molar-refractivity contribution in [1.29, 1.82) is 0 Å². The highest BCUT2D eigenvalue weighted by Crippen LogP contribution is 2.33. The zero-order valence-electron chi connectivity index (χ0n) is 18.3. The summed E-state index contributed by atoms with van der Waals surface area (Å²) in [6.07, 6.45) is 2.00. The van der Waals surface area contributed by atoms with Gasteiger partial charge in [0.05, 0.1) is 12.3 Å². The first-order valence-corrected chi connectivity index (χ1v) is 10.3. The normalized spacial score (nSPS) is 11.2. The maximum atomic E-state index is 13.3. The molecule has 4 heteroatoms. The summed E-state index contributed by atoms with van der Waals surface area (Å²) in [5.41, 5.74) is 5.27. The molecule has 0 saturated carbocycles. The van der Waals surface area contributed by atoms with E-state index in [2.05, 4.69) is 63.1 Å². The van der Waals surface area contributed by atoms with Gasteiger partial charge in [0.15, 0.2) is 0 Å². The Bertz CT molecular complexity index is 799. The number of para-hydroxylation sites is 1. The molecule has 0 saturated heterocycles. The Morgan fingerprint density at radius 3 is 2.25 bits per heavy atom. The highest BCUT2D eigenvalue weighted by Gasteiger charge is 2.21. The molecule has 4 nitrogen and oxygen atoms in total. The molecule has 1 aromatic carbocycles. The molecule has 0 aliphatic carbocycles. The number of carbonyl (C=O) groups is 1. The molecule has 0 radical (unpaired) electrons. The zero-order chi connectivity index (χ0) is 20.8. The number of unbranched alkanes of at least 4 members (excludes halogenated alkanes) is 1. The van der Waals surface area contributed by atoms with Crippen molar-refractivity contribution in [3.8, 4) is 5.75 Å². The van der Waals surface area contributed by atoms with E-state index in [9.17, 15) is 4.79 Å². The molecule has 0 aliphatic rings. The second-order valence-electron chi connectivity index (χ2n) is 8.00. The maximum Gasteiger partial charge on any atom is 0.261 e. The second-order valence-corrected chi connectivity index (χ2v) is 8.00. The Kier molecular flexibility index (Phi) is 7.61. The number of aromatic nitrogens is 1. The summed E-state index contributed by atoms with van der Waals surface area (Å²) in [6.45, 7) is 15.1. The van der Waals surface area contributed by atoms with Crippen LogP contribution in [0.5, 0.6) is 5.75 Å². The number of pyridine rings is 1. The van der Waals surface area contributed by atoms with Crippen LogP contribution in [0.2, 0.25) is 0 Å². The van der Waals surface area contributed by atoms with E-state index < -0.39 is 0 Å². The number of rotatable bonds is 8. The van der Waals surface area contributed by atoms with Crippen LogP contribution in [0.1, 0.15) is 92.2 Å². The van der Waals surface area contributed by atoms with Crippen molar-refractivity contribution in [3.05, 3.63) is 52.3 Å². The molecule has 0 fully saturated rings. The standard InChI is InChI=1S/C24H34N2O2/c1-8-9-13-28-21-14-17(6)25-18(7)22(21)24(27)26-23-19(15(2)3)11-10-12-20(23)16(4)5/h10-12,14-16H,8-9,13H2,1-7H3,(H,26,27). The number of carbonyl (C=O) groups excluding carboxylic acids is 1. The topological polar surface area (TPSA) is 51.2 Å². The number of anilines is 1. The average Bonchev–Trinajstić information content (AvgIpc) is 2.61. The van der Waals surface area contributed by atoms with Gasteiger partial charge in [-0.2, -0.15) is 0 Å². The lowest BCUT2D eigenvalue weighted by molar-refractivity contribution is 0.102. The SMILES string of the molecule is CCCCOc1cc(C)nc(C)c1C(=O)Nc1c(C(C)C)cccc1C(C)C. The van der Waals surface area contributed by atoms with Gasteiger partial charge in [0.1, 0.15) is 11.3 Å². The van der Waals surface area contributed by atoms with E-state index in [-0.39, 0.29) is 5.91 Å². The highest BCUT2D eigenvalue weighted by atomic mass is 16.5. The van der Waals surface area contributed by atoms with Crippen LogP contribution in [0.3, 0.4) is 0 Å². The van der Waals surface area contributed by atoms with Crippen molar-refractivity contribution in [2.24, 2.45) is 0 Å². The molecule has 152 valence electrons. The molecule has 28 heavy (non-hydrogen) atoms. The van der Waals surface area contributed by atoms with Gasteiger partial charge in [-0.1, -0.05) is 59.2 Å². The van der Waals surface area contributed by atoms with Crippen LogP contribution in [0.4, 0.5) is 5.69 Å². The Morgan fingerprint density at radius 1 is 1.11 bits per heavy atom. The molecule has 1 amide bonds. The molecule has 2 aromatic rings. The van der Waals surface area contributed by atoms with Crippen LogP contribution in [-0.4, -0.2) is 17.5 Å². The second kappa shape index (κ2) is 9.72. The molecule has 0 spiro atoms. The minimum Gasteiger partial charge on any atom is -0.493 e. The van der Waals surface area contributed by atoms with Gasteiger partial charge in [0.25, 0.3) is 5.91 Å². The molecule has 2 rings (SSSR count). The summed E-state index contributed by atoms with van der Waals surface area (Å²) in [6, 6.07) is 8.10. The fourth-order valence-electron chi connectivity index (χ4n) is 3.38. The fourth-order valence-corrected chi connectivity index (χ4v) is 3.38. The van der Waals surface area contributed by atoms with Crippen molar-refractivity contribution in [3.63, 3.8) is 0 Å². The van der Waals surface area contributed by atoms with E-state index in [4.69, 9.17) is 4.74 Å². The Labute approximate surface area is 169 Å². The highest BCUT2D eigenvalue weighted by molar-refractivity contribution is 6.07. The third-order valence-corrected chi connectivity index (χ3v) is 4.89. The molecule has 0 aliphatic heterocycles. The number of hydrogen-bond donors (Lipinski definition) is 1. The molecule has 1 heterocycles. The number of benzene rings is 1. The Hall–Kier alpha value is -2.36. The van der Waals surface area contributed by atoms with Crippen molar-refractivity contribution >= 4 is 11.6 Å². The third kappa shape index (κ3) is 5.12. The molecule has 0 unspecified atom stereocenters. The third-order valence-electron chi connectivity index (χ3n) is 4.89. The summed E-state index contributed by atoms with van der Waals surface area (Å²) in [4.78, 5) is 17.8. The molecule has 0 bridgehead atoms. The monoisotopic (exact) mass is 382 g/mol. The average molecular weight is 383 g/mol. The first kappa shape index (κ1) is 21.9. The van der Waals surface area contributed by atoms with Gasteiger partial charge in [0, 0.05) is 17.4 Å². The molecular weight excluding hydrogens is 348 g/mol. The molecule has 1 aromatic heterocycles. The molecular formula is C24H34N2O2. The van der Waals surface area contributed by atoms with Crippen LogP contribution < -0.4 is 10.1 Å². The first-order valence-electron chi connectivity index (χ1n) is 10.3. The van der Waals surface area contributed by atoms with Gasteiger partial charge in [-0.05, 0) is 43.2 Å². The van der Waals surface area contributed by atoms with Gasteiger partial charge < -0.3 is 10.1 Å². The van der Waals surface area contributed by atoms with E-state index in [0.29, 0.717) is 35.4 Å². The van der Waals surface area contributed by atoms with Crippen LogP contribution in [0.25, 0.3) is 0 Å². The summed E-state index contributed by atoms with van der Waals surface area (Å²) >= 11 is 0. The lowest BCUT2D eigenvalue weighted by Gasteiger charge is -2.21. The zero-order valence-corrected chi connectivity index (χ0v) is 18.3. The van der Waals surface area contributed by atoms with Gasteiger partial charge in [-0.3, -0.25) is 9.78 Å². The Morgan fingerprint density at radius 2 is 1.71 bits per heavy atom. The molecule has 0 atom stereocenters. The summed E-state index contributed by atoms with van der Waals surface area (Å²) in [7, 11) is 0. The van der Waals surface area contributed by atoms with Gasteiger partial charge in [-0.25, -0.2) is 0 Å². The van der Waals surface area contributed by atoms with Crippen molar-refractivity contribution < 1.29 is 9.53 Å². The Balaban J connectivity index is 2.46. The van der Waals surface area contributed by atoms with Crippen LogP contribution in [-0.2, 0) is 0 Å². The van der Waals surface area contributed by atoms with E-state index in [1.54, 1.807) is 0 Å². The van der Waals surface area contributed by atoms with E-state index in [1.165, 1.54) is 0 Å². The quantitative estimate of drug-likeness (QED) is 0.539. The fraction of sp³-hybridized carbons (Fsp3) is 0.500. The number of ether oxygens (including phenoxy) is 1. The van der Waals surface area contributed by atoms with Gasteiger partial charge in [0.2, 0.25) is 0 Å². The van der Waals surface area contributed by atoms with E-state index in [1.807, 2.05) is 19.9 Å². The van der Waals surface area contributed by atoms with Crippen molar-refractivity contribution in [2.75, 3.05) is 11.9 Å². The minimum atomic E-state index is -0.161. The van der Waals surface area contributed by atoms with Crippen LogP contribution in [0.15, 0.2) is 24.3 Å². The van der Waals surface area contributed by atoms with Gasteiger partial charge >= 0.3 is 0 Å². The van der Waals surface area contributed by atoms with Crippen LogP contribution >= 0.6 is 0 Å². The molecule has 1 N–H and O–H groups in total. The predicted molar refractivity (Wildman–Crippen MR) is 117 cm³/mol. The number of aryl methyl sites for hydroxylation is 2. The summed E-state index contributed by atoms with van der Waals surface area (Å²) < 4.78 is 5.95. The summed E-state index contributed by atoms with van der Waals surface area (Å²) in [5.74, 6) is 1.08. The van der Waals surface area contributed by atoms with E-state index >= 15 is 0 Å². The number of nitrogens with one attached hydrogen (secondary N) is 1. The smallest absolute Gasteiger partial charge is 0.261 e. The number of amides is 1. The number of nitrogens with zero attached hydrogens (tertiary/aromatic N) is 1. The predicted octanol–water partition coefficient (Wildman–Crippen LogP) is 6.38. The van der Waals surface area contributed by atoms with E-state index in [0.717, 1.165) is 35.3 Å². The van der Waals surface area contributed by atoms with Crippen molar-refractivity contribution in [2.45, 2.75) is 73.1 Å². The lowest BCUT2D eigenvalue weighted by atomic mass is 9.92. The number of hydrogen-bond acceptors (Lipinski definition) is 3. The maximum absolute atomic E-state index is 13.3. The van der Waals surface area contributed by atoms with Crippen LogP contribution in [0, 0.1) is 13.8 Å². The van der Waals surface area contributed by atoms with Crippen molar-refractivity contribution in [1.82, 2.24) is 4.98 Å². The first-order chi connectivity index (χ1) is 13.3. The van der Waals surface area contributed by atoms with Gasteiger partial charge in [-0.15, -0.1) is 0 Å². The minimum absolute atomic E-state index is 0.161. The lowest BCUT2D eigenvalue weighted by Crippen LogP contribution is -2.19. The largest absolute Gasteiger partial charge is 0.493 e.